The molecule has 0 aliphatic heterocycles. The van der Waals surface area contributed by atoms with Crippen molar-refractivity contribution in [3.8, 4) is 0 Å². The monoisotopic (exact) mass is 237 g/mol. The molecule has 2 aromatic rings. The lowest BCUT2D eigenvalue weighted by Gasteiger charge is -2.18. The van der Waals surface area contributed by atoms with Crippen LogP contribution in [0.4, 0.5) is 5.69 Å². The van der Waals surface area contributed by atoms with Crippen molar-refractivity contribution in [2.45, 2.75) is 32.2 Å². The van der Waals surface area contributed by atoms with Gasteiger partial charge in [0, 0.05) is 5.69 Å². The lowest BCUT2D eigenvalue weighted by molar-refractivity contribution is 0.760. The van der Waals surface area contributed by atoms with Gasteiger partial charge in [0.1, 0.15) is 0 Å². The van der Waals surface area contributed by atoms with E-state index in [4.69, 9.17) is 0 Å². The second-order valence-corrected chi connectivity index (χ2v) is 4.95. The van der Waals surface area contributed by atoms with Crippen LogP contribution < -0.4 is 5.32 Å². The van der Waals surface area contributed by atoms with Gasteiger partial charge in [0.15, 0.2) is 0 Å². The minimum Gasteiger partial charge on any atom is -0.378 e. The Balaban J connectivity index is 1.86. The number of rotatable bonds is 3. The van der Waals surface area contributed by atoms with Crippen LogP contribution in [0.5, 0.6) is 0 Å². The van der Waals surface area contributed by atoms with Crippen LogP contribution in [0, 0.1) is 0 Å². The van der Waals surface area contributed by atoms with Gasteiger partial charge in [-0.2, -0.15) is 0 Å². The smallest absolute Gasteiger partial charge is 0.0519 e. The molecule has 18 heavy (non-hydrogen) atoms. The van der Waals surface area contributed by atoms with E-state index in [1.807, 2.05) is 0 Å². The van der Waals surface area contributed by atoms with Crippen LogP contribution in [0.1, 0.15) is 36.1 Å². The number of benzene rings is 2. The average Bonchev–Trinajstić information content (AvgIpc) is 2.83. The maximum absolute atomic E-state index is 3.72. The van der Waals surface area contributed by atoms with E-state index in [1.54, 1.807) is 0 Å². The minimum atomic E-state index is 0.480. The van der Waals surface area contributed by atoms with Crippen LogP contribution in [0.2, 0.25) is 0 Å². The standard InChI is InChI=1S/C17H19N/c1-2-13-7-4-6-10-16(13)18-17-12-11-14-8-3-5-9-15(14)17/h3-10,17-18H,2,11-12H2,1H3. The highest BCUT2D eigenvalue weighted by atomic mass is 14.9. The average molecular weight is 237 g/mol. The van der Waals surface area contributed by atoms with Gasteiger partial charge in [0.25, 0.3) is 0 Å². The van der Waals surface area contributed by atoms with E-state index in [9.17, 15) is 0 Å². The Morgan fingerprint density at radius 3 is 2.72 bits per heavy atom. The van der Waals surface area contributed by atoms with Gasteiger partial charge in [-0.3, -0.25) is 0 Å². The minimum absolute atomic E-state index is 0.480. The van der Waals surface area contributed by atoms with Crippen molar-refractivity contribution < 1.29 is 0 Å². The van der Waals surface area contributed by atoms with E-state index < -0.39 is 0 Å². The van der Waals surface area contributed by atoms with E-state index in [0.717, 1.165) is 6.42 Å². The van der Waals surface area contributed by atoms with Gasteiger partial charge in [-0.05, 0) is 42.0 Å². The second kappa shape index (κ2) is 4.85. The van der Waals surface area contributed by atoms with E-state index in [2.05, 4.69) is 60.8 Å². The third kappa shape index (κ3) is 2.01. The predicted octanol–water partition coefficient (Wildman–Crippen LogP) is 4.35. The van der Waals surface area contributed by atoms with Gasteiger partial charge in [-0.1, -0.05) is 49.4 Å². The summed E-state index contributed by atoms with van der Waals surface area (Å²) in [6.45, 7) is 2.21. The summed E-state index contributed by atoms with van der Waals surface area (Å²) in [4.78, 5) is 0. The number of fused-ring (bicyclic) bond motifs is 1. The molecule has 1 heteroatoms. The molecule has 0 aromatic heterocycles. The highest BCUT2D eigenvalue weighted by molar-refractivity contribution is 5.54. The molecule has 0 saturated heterocycles. The highest BCUT2D eigenvalue weighted by Gasteiger charge is 2.21. The molecule has 3 rings (SSSR count). The number of para-hydroxylation sites is 1. The largest absolute Gasteiger partial charge is 0.378 e. The van der Waals surface area contributed by atoms with Gasteiger partial charge in [0.05, 0.1) is 6.04 Å². The Morgan fingerprint density at radius 2 is 1.83 bits per heavy atom. The van der Waals surface area contributed by atoms with Crippen molar-refractivity contribution in [1.29, 1.82) is 0 Å². The fourth-order valence-electron chi connectivity index (χ4n) is 2.86. The zero-order valence-electron chi connectivity index (χ0n) is 10.8. The van der Waals surface area contributed by atoms with Crippen LogP contribution in [-0.4, -0.2) is 0 Å². The van der Waals surface area contributed by atoms with Crippen molar-refractivity contribution >= 4 is 5.69 Å². The molecule has 0 radical (unpaired) electrons. The zero-order chi connectivity index (χ0) is 12.4. The van der Waals surface area contributed by atoms with Crippen molar-refractivity contribution in [3.63, 3.8) is 0 Å². The van der Waals surface area contributed by atoms with Crippen LogP contribution in [-0.2, 0) is 12.8 Å². The summed E-state index contributed by atoms with van der Waals surface area (Å²) in [7, 11) is 0. The summed E-state index contributed by atoms with van der Waals surface area (Å²) in [5, 5.41) is 3.72. The summed E-state index contributed by atoms with van der Waals surface area (Å²) < 4.78 is 0. The topological polar surface area (TPSA) is 12.0 Å². The summed E-state index contributed by atoms with van der Waals surface area (Å²) in [6, 6.07) is 17.9. The molecule has 1 unspecified atom stereocenters. The van der Waals surface area contributed by atoms with Crippen LogP contribution >= 0.6 is 0 Å². The summed E-state index contributed by atoms with van der Waals surface area (Å²) >= 11 is 0. The molecule has 1 atom stereocenters. The fraction of sp³-hybridized carbons (Fsp3) is 0.294. The van der Waals surface area contributed by atoms with Crippen LogP contribution in [0.25, 0.3) is 0 Å². The zero-order valence-corrected chi connectivity index (χ0v) is 10.8. The van der Waals surface area contributed by atoms with Crippen LogP contribution in [0.15, 0.2) is 48.5 Å². The Hall–Kier alpha value is -1.76. The van der Waals surface area contributed by atoms with Crippen LogP contribution in [0.3, 0.4) is 0 Å². The van der Waals surface area contributed by atoms with Gasteiger partial charge in [-0.15, -0.1) is 0 Å². The highest BCUT2D eigenvalue weighted by Crippen LogP contribution is 2.34. The first-order chi connectivity index (χ1) is 8.88. The third-order valence-electron chi connectivity index (χ3n) is 3.86. The quantitative estimate of drug-likeness (QED) is 0.837. The molecule has 1 nitrogen and oxygen atoms in total. The normalized spacial score (nSPS) is 17.5. The molecule has 1 aliphatic rings. The Labute approximate surface area is 109 Å². The molecule has 0 heterocycles. The van der Waals surface area contributed by atoms with E-state index in [1.165, 1.54) is 35.2 Å². The lowest BCUT2D eigenvalue weighted by Crippen LogP contribution is -2.08. The first-order valence-corrected chi connectivity index (χ1v) is 6.80. The third-order valence-corrected chi connectivity index (χ3v) is 3.86. The first kappa shape index (κ1) is 11.3. The number of nitrogens with one attached hydrogen (secondary N) is 1. The Bertz CT molecular complexity index is 545. The molecule has 1 aliphatic carbocycles. The SMILES string of the molecule is CCc1ccccc1NC1CCc2ccccc21. The van der Waals surface area contributed by atoms with E-state index in [0.29, 0.717) is 6.04 Å². The molecule has 0 amide bonds. The molecule has 0 spiro atoms. The summed E-state index contributed by atoms with van der Waals surface area (Å²) in [5.41, 5.74) is 5.68. The number of hydrogen-bond donors (Lipinski definition) is 1. The molecule has 0 bridgehead atoms. The number of hydrogen-bond acceptors (Lipinski definition) is 1. The van der Waals surface area contributed by atoms with Gasteiger partial charge < -0.3 is 5.32 Å². The molecule has 0 saturated carbocycles. The first-order valence-electron chi connectivity index (χ1n) is 6.80. The van der Waals surface area contributed by atoms with E-state index in [-0.39, 0.29) is 0 Å². The Morgan fingerprint density at radius 1 is 1.06 bits per heavy atom. The number of anilines is 1. The summed E-state index contributed by atoms with van der Waals surface area (Å²) in [5.74, 6) is 0. The second-order valence-electron chi connectivity index (χ2n) is 4.95. The summed E-state index contributed by atoms with van der Waals surface area (Å²) in [6.07, 6.45) is 3.48. The molecule has 0 fully saturated rings. The van der Waals surface area contributed by atoms with E-state index >= 15 is 0 Å². The van der Waals surface area contributed by atoms with Crippen molar-refractivity contribution in [1.82, 2.24) is 0 Å². The molecular weight excluding hydrogens is 218 g/mol. The molecule has 92 valence electrons. The fourth-order valence-corrected chi connectivity index (χ4v) is 2.86. The maximum atomic E-state index is 3.72. The Kier molecular flexibility index (Phi) is 3.06. The predicted molar refractivity (Wildman–Crippen MR) is 76.9 cm³/mol. The van der Waals surface area contributed by atoms with Crippen molar-refractivity contribution in [2.75, 3.05) is 5.32 Å². The van der Waals surface area contributed by atoms with Crippen molar-refractivity contribution in [2.24, 2.45) is 0 Å². The molecule has 2 aromatic carbocycles. The maximum Gasteiger partial charge on any atom is 0.0519 e. The lowest BCUT2D eigenvalue weighted by atomic mass is 10.1. The number of aryl methyl sites for hydroxylation is 2. The van der Waals surface area contributed by atoms with Gasteiger partial charge in [-0.25, -0.2) is 0 Å². The molecule has 1 N–H and O–H groups in total. The van der Waals surface area contributed by atoms with Crippen molar-refractivity contribution in [3.05, 3.63) is 65.2 Å². The molecular formula is C17H19N. The van der Waals surface area contributed by atoms with Gasteiger partial charge >= 0.3 is 0 Å². The van der Waals surface area contributed by atoms with Gasteiger partial charge in [0.2, 0.25) is 0 Å².